The Bertz CT molecular complexity index is 575. The van der Waals surface area contributed by atoms with Crippen molar-refractivity contribution in [2.75, 3.05) is 5.73 Å². The molecule has 1 aromatic carbocycles. The first-order valence-electron chi connectivity index (χ1n) is 5.86. The minimum atomic E-state index is -0.273. The maximum atomic E-state index is 11.9. The van der Waals surface area contributed by atoms with Crippen molar-refractivity contribution in [1.29, 1.82) is 0 Å². The lowest BCUT2D eigenvalue weighted by Crippen LogP contribution is -2.23. The molecule has 0 radical (unpaired) electrons. The summed E-state index contributed by atoms with van der Waals surface area (Å²) in [4.78, 5) is 16.0. The van der Waals surface area contributed by atoms with Gasteiger partial charge in [-0.05, 0) is 18.2 Å². The van der Waals surface area contributed by atoms with Crippen molar-refractivity contribution in [3.8, 4) is 0 Å². The van der Waals surface area contributed by atoms with Gasteiger partial charge in [0.2, 0.25) is 5.89 Å². The van der Waals surface area contributed by atoms with E-state index in [2.05, 4.69) is 10.3 Å². The van der Waals surface area contributed by atoms with Crippen molar-refractivity contribution >= 4 is 23.2 Å². The van der Waals surface area contributed by atoms with Crippen molar-refractivity contribution in [3.05, 3.63) is 46.6 Å². The van der Waals surface area contributed by atoms with E-state index in [-0.39, 0.29) is 12.5 Å². The van der Waals surface area contributed by atoms with Crippen molar-refractivity contribution in [3.63, 3.8) is 0 Å². The normalized spacial score (nSPS) is 10.4. The molecule has 0 bridgehead atoms. The summed E-state index contributed by atoms with van der Waals surface area (Å²) in [5.74, 6) is 0.988. The Morgan fingerprint density at radius 2 is 2.26 bits per heavy atom. The molecule has 6 heteroatoms. The molecule has 2 aromatic rings. The zero-order valence-electron chi connectivity index (χ0n) is 10.4. The van der Waals surface area contributed by atoms with Crippen molar-refractivity contribution in [2.24, 2.45) is 0 Å². The summed E-state index contributed by atoms with van der Waals surface area (Å²) in [6.07, 6.45) is 2.42. The summed E-state index contributed by atoms with van der Waals surface area (Å²) in [5, 5.41) is 3.12. The molecule has 5 nitrogen and oxygen atoms in total. The highest BCUT2D eigenvalue weighted by molar-refractivity contribution is 6.31. The Hall–Kier alpha value is -2.01. The zero-order chi connectivity index (χ0) is 13.8. The molecular formula is C13H14ClN3O2. The molecular weight excluding hydrogens is 266 g/mol. The number of benzene rings is 1. The Morgan fingerprint density at radius 1 is 1.47 bits per heavy atom. The number of rotatable bonds is 4. The van der Waals surface area contributed by atoms with Crippen LogP contribution in [0.3, 0.4) is 0 Å². The second-order valence-corrected chi connectivity index (χ2v) is 4.47. The third kappa shape index (κ3) is 3.48. The first kappa shape index (κ1) is 13.4. The molecule has 19 heavy (non-hydrogen) atoms. The summed E-state index contributed by atoms with van der Waals surface area (Å²) in [6.45, 7) is 2.20. The fraction of sp³-hybridized carbons (Fsp3) is 0.231. The van der Waals surface area contributed by atoms with Gasteiger partial charge >= 0.3 is 0 Å². The van der Waals surface area contributed by atoms with Crippen LogP contribution in [0.4, 0.5) is 5.69 Å². The molecule has 1 aromatic heterocycles. The summed E-state index contributed by atoms with van der Waals surface area (Å²) >= 11 is 5.84. The highest BCUT2D eigenvalue weighted by Gasteiger charge is 2.09. The molecule has 0 spiro atoms. The topological polar surface area (TPSA) is 81.2 Å². The van der Waals surface area contributed by atoms with Crippen LogP contribution in [-0.4, -0.2) is 10.9 Å². The van der Waals surface area contributed by atoms with Crippen LogP contribution in [-0.2, 0) is 13.0 Å². The summed E-state index contributed by atoms with van der Waals surface area (Å²) in [5.41, 5.74) is 6.49. The highest BCUT2D eigenvalue weighted by Crippen LogP contribution is 2.16. The van der Waals surface area contributed by atoms with E-state index < -0.39 is 0 Å². The largest absolute Gasteiger partial charge is 0.444 e. The average molecular weight is 280 g/mol. The van der Waals surface area contributed by atoms with Crippen LogP contribution >= 0.6 is 11.6 Å². The van der Waals surface area contributed by atoms with Gasteiger partial charge in [-0.15, -0.1) is 0 Å². The fourth-order valence-electron chi connectivity index (χ4n) is 1.59. The molecule has 1 amide bonds. The SMILES string of the molecule is CCc1cnc(CNC(=O)c2cc(N)cc(Cl)c2)o1. The molecule has 0 aliphatic carbocycles. The van der Waals surface area contributed by atoms with E-state index in [9.17, 15) is 4.79 Å². The maximum Gasteiger partial charge on any atom is 0.251 e. The number of anilines is 1. The van der Waals surface area contributed by atoms with Crippen molar-refractivity contribution < 1.29 is 9.21 Å². The van der Waals surface area contributed by atoms with E-state index in [1.54, 1.807) is 24.4 Å². The molecule has 0 aliphatic heterocycles. The van der Waals surface area contributed by atoms with Gasteiger partial charge in [-0.3, -0.25) is 4.79 Å². The Morgan fingerprint density at radius 3 is 2.89 bits per heavy atom. The van der Waals surface area contributed by atoms with Gasteiger partial charge < -0.3 is 15.5 Å². The number of hydrogen-bond acceptors (Lipinski definition) is 4. The van der Waals surface area contributed by atoms with E-state index in [0.29, 0.717) is 22.2 Å². The van der Waals surface area contributed by atoms with Gasteiger partial charge in [0, 0.05) is 22.7 Å². The number of carbonyl (C=O) groups is 1. The number of oxazole rings is 1. The second kappa shape index (κ2) is 5.75. The van der Waals surface area contributed by atoms with Gasteiger partial charge in [-0.25, -0.2) is 4.98 Å². The number of amides is 1. The number of nitrogen functional groups attached to an aromatic ring is 1. The van der Waals surface area contributed by atoms with Crippen LogP contribution in [0, 0.1) is 0 Å². The quantitative estimate of drug-likeness (QED) is 0.842. The Kier molecular flexibility index (Phi) is 4.06. The van der Waals surface area contributed by atoms with E-state index >= 15 is 0 Å². The number of aromatic nitrogens is 1. The van der Waals surface area contributed by atoms with Gasteiger partial charge in [0.15, 0.2) is 0 Å². The standard InChI is InChI=1S/C13H14ClN3O2/c1-2-11-6-16-12(19-11)7-17-13(18)8-3-9(14)5-10(15)4-8/h3-6H,2,7,15H2,1H3,(H,17,18). The number of nitrogens with one attached hydrogen (secondary N) is 1. The monoisotopic (exact) mass is 279 g/mol. The van der Waals surface area contributed by atoms with Crippen LogP contribution in [0.25, 0.3) is 0 Å². The number of nitrogens with two attached hydrogens (primary N) is 1. The third-order valence-electron chi connectivity index (χ3n) is 2.53. The minimum absolute atomic E-state index is 0.227. The smallest absolute Gasteiger partial charge is 0.251 e. The molecule has 100 valence electrons. The van der Waals surface area contributed by atoms with E-state index in [4.69, 9.17) is 21.8 Å². The van der Waals surface area contributed by atoms with E-state index in [1.165, 1.54) is 0 Å². The third-order valence-corrected chi connectivity index (χ3v) is 2.75. The van der Waals surface area contributed by atoms with Crippen molar-refractivity contribution in [2.45, 2.75) is 19.9 Å². The molecule has 0 unspecified atom stereocenters. The van der Waals surface area contributed by atoms with Crippen LogP contribution in [0.5, 0.6) is 0 Å². The molecule has 0 aliphatic rings. The molecule has 2 rings (SSSR count). The summed E-state index contributed by atoms with van der Waals surface area (Å²) in [6, 6.07) is 4.70. The Labute approximate surface area is 115 Å². The molecule has 0 fully saturated rings. The minimum Gasteiger partial charge on any atom is -0.444 e. The lowest BCUT2D eigenvalue weighted by Gasteiger charge is -2.04. The van der Waals surface area contributed by atoms with Crippen LogP contribution in [0.15, 0.2) is 28.8 Å². The summed E-state index contributed by atoms with van der Waals surface area (Å²) < 4.78 is 5.39. The number of halogens is 1. The molecule has 0 atom stereocenters. The number of carbonyl (C=O) groups excluding carboxylic acids is 1. The lowest BCUT2D eigenvalue weighted by molar-refractivity contribution is 0.0947. The average Bonchev–Trinajstić information content (AvgIpc) is 2.82. The zero-order valence-corrected chi connectivity index (χ0v) is 11.2. The summed E-state index contributed by atoms with van der Waals surface area (Å²) in [7, 11) is 0. The first-order chi connectivity index (χ1) is 9.08. The van der Waals surface area contributed by atoms with E-state index in [1.807, 2.05) is 6.92 Å². The predicted octanol–water partition coefficient (Wildman–Crippen LogP) is 2.40. The highest BCUT2D eigenvalue weighted by atomic mass is 35.5. The number of aryl methyl sites for hydroxylation is 1. The maximum absolute atomic E-state index is 11.9. The van der Waals surface area contributed by atoms with Gasteiger partial charge in [0.05, 0.1) is 12.7 Å². The predicted molar refractivity (Wildman–Crippen MR) is 72.9 cm³/mol. The lowest BCUT2D eigenvalue weighted by atomic mass is 10.2. The van der Waals surface area contributed by atoms with Gasteiger partial charge in [0.25, 0.3) is 5.91 Å². The van der Waals surface area contributed by atoms with Crippen LogP contribution in [0.2, 0.25) is 5.02 Å². The van der Waals surface area contributed by atoms with Gasteiger partial charge in [-0.2, -0.15) is 0 Å². The fourth-order valence-corrected chi connectivity index (χ4v) is 1.84. The van der Waals surface area contributed by atoms with E-state index in [0.717, 1.165) is 12.2 Å². The van der Waals surface area contributed by atoms with Gasteiger partial charge in [0.1, 0.15) is 5.76 Å². The van der Waals surface area contributed by atoms with Crippen molar-refractivity contribution in [1.82, 2.24) is 10.3 Å². The van der Waals surface area contributed by atoms with Crippen LogP contribution in [0.1, 0.15) is 28.9 Å². The molecule has 3 N–H and O–H groups in total. The Balaban J connectivity index is 2.00. The van der Waals surface area contributed by atoms with Crippen LogP contribution < -0.4 is 11.1 Å². The number of nitrogens with zero attached hydrogens (tertiary/aromatic N) is 1. The molecule has 0 saturated heterocycles. The molecule has 1 heterocycles. The van der Waals surface area contributed by atoms with Gasteiger partial charge in [-0.1, -0.05) is 18.5 Å². The first-order valence-corrected chi connectivity index (χ1v) is 6.24. The molecule has 0 saturated carbocycles. The second-order valence-electron chi connectivity index (χ2n) is 4.03. The number of hydrogen-bond donors (Lipinski definition) is 2.